The molecule has 28 heavy (non-hydrogen) atoms. The van der Waals surface area contributed by atoms with Crippen molar-refractivity contribution in [2.75, 3.05) is 40.3 Å². The normalized spacial score (nSPS) is 19.8. The molecule has 8 nitrogen and oxygen atoms in total. The first-order valence-corrected chi connectivity index (χ1v) is 9.41. The van der Waals surface area contributed by atoms with Crippen LogP contribution in [0.15, 0.2) is 24.3 Å². The lowest BCUT2D eigenvalue weighted by Gasteiger charge is -2.17. The second kappa shape index (κ2) is 10.1. The van der Waals surface area contributed by atoms with Gasteiger partial charge < -0.3 is 24.7 Å². The minimum atomic E-state index is -1.82. The first kappa shape index (κ1) is 21.7. The molecule has 0 unspecified atom stereocenters. The van der Waals surface area contributed by atoms with Gasteiger partial charge in [0.05, 0.1) is 6.61 Å². The molecule has 0 aromatic heterocycles. The van der Waals surface area contributed by atoms with Gasteiger partial charge in [-0.1, -0.05) is 0 Å². The summed E-state index contributed by atoms with van der Waals surface area (Å²) < 4.78 is 5.75. The van der Waals surface area contributed by atoms with E-state index in [1.165, 1.54) is 32.5 Å². The Kier molecular flexibility index (Phi) is 7.80. The maximum absolute atomic E-state index is 11.8. The maximum Gasteiger partial charge on any atom is 0.414 e. The van der Waals surface area contributed by atoms with Crippen LogP contribution >= 0.6 is 0 Å². The molecule has 2 fully saturated rings. The third-order valence-electron chi connectivity index (χ3n) is 4.88. The molecule has 1 saturated carbocycles. The summed E-state index contributed by atoms with van der Waals surface area (Å²) in [5, 5.41) is 14.8. The van der Waals surface area contributed by atoms with E-state index < -0.39 is 11.9 Å². The number of likely N-dealkylation sites (tertiary alicyclic amines) is 1. The van der Waals surface area contributed by atoms with Gasteiger partial charge in [0, 0.05) is 32.7 Å². The number of carboxylic acids is 2. The molecule has 2 aliphatic rings. The largest absolute Gasteiger partial charge is 0.494 e. The number of hydrogen-bond donors (Lipinski definition) is 2. The Morgan fingerprint density at radius 2 is 1.61 bits per heavy atom. The van der Waals surface area contributed by atoms with Crippen LogP contribution in [0.4, 0.5) is 0 Å². The fourth-order valence-corrected chi connectivity index (χ4v) is 3.26. The Morgan fingerprint density at radius 1 is 1.04 bits per heavy atom. The van der Waals surface area contributed by atoms with E-state index in [2.05, 4.69) is 4.90 Å². The van der Waals surface area contributed by atoms with E-state index in [4.69, 9.17) is 24.5 Å². The third kappa shape index (κ3) is 6.84. The zero-order valence-electron chi connectivity index (χ0n) is 16.3. The number of hydrogen-bond acceptors (Lipinski definition) is 5. The highest BCUT2D eigenvalue weighted by atomic mass is 16.5. The van der Waals surface area contributed by atoms with Crippen LogP contribution in [0, 0.1) is 11.8 Å². The summed E-state index contributed by atoms with van der Waals surface area (Å²) in [4.78, 5) is 34.2. The number of carbonyl (C=O) groups excluding carboxylic acids is 1. The van der Waals surface area contributed by atoms with E-state index in [9.17, 15) is 4.79 Å². The minimum Gasteiger partial charge on any atom is -0.494 e. The van der Waals surface area contributed by atoms with Gasteiger partial charge in [0.15, 0.2) is 0 Å². The van der Waals surface area contributed by atoms with E-state index in [-0.39, 0.29) is 5.91 Å². The van der Waals surface area contributed by atoms with Crippen LogP contribution in [-0.4, -0.2) is 78.2 Å². The minimum absolute atomic E-state index is 0.0233. The number of aliphatic carboxylic acids is 2. The highest BCUT2D eigenvalue weighted by molar-refractivity contribution is 6.27. The van der Waals surface area contributed by atoms with Gasteiger partial charge in [0.25, 0.3) is 5.91 Å². The van der Waals surface area contributed by atoms with Crippen LogP contribution in [-0.2, 0) is 9.59 Å². The van der Waals surface area contributed by atoms with Crippen LogP contribution in [0.3, 0.4) is 0 Å². The van der Waals surface area contributed by atoms with E-state index >= 15 is 0 Å². The third-order valence-corrected chi connectivity index (χ3v) is 4.88. The molecule has 1 heterocycles. The van der Waals surface area contributed by atoms with Crippen LogP contribution < -0.4 is 4.74 Å². The Hall–Kier alpha value is -2.61. The summed E-state index contributed by atoms with van der Waals surface area (Å²) in [5.41, 5.74) is 0.699. The number of carbonyl (C=O) groups is 3. The number of ether oxygens (including phenoxy) is 1. The van der Waals surface area contributed by atoms with Gasteiger partial charge in [0.1, 0.15) is 5.75 Å². The van der Waals surface area contributed by atoms with E-state index in [0.717, 1.165) is 30.6 Å². The summed E-state index contributed by atoms with van der Waals surface area (Å²) >= 11 is 0. The van der Waals surface area contributed by atoms with Gasteiger partial charge in [-0.05, 0) is 61.9 Å². The van der Waals surface area contributed by atoms with Gasteiger partial charge in [-0.25, -0.2) is 9.59 Å². The van der Waals surface area contributed by atoms with Crippen LogP contribution in [0.2, 0.25) is 0 Å². The molecule has 0 radical (unpaired) electrons. The summed E-state index contributed by atoms with van der Waals surface area (Å²) in [6, 6.07) is 7.41. The molecule has 2 atom stereocenters. The standard InChI is InChI=1S/C18H26N2O2.C2H2O4/c1-19(2)18(21)14-5-7-17(8-6-14)22-10-4-3-9-20-12-15-11-16(15)13-20;3-1(4)2(5)6/h5-8,15-16H,3-4,9-13H2,1-2H3;(H,3,4)(H,5,6)/t15-,16+;. The predicted molar refractivity (Wildman–Crippen MR) is 102 cm³/mol. The van der Waals surface area contributed by atoms with E-state index in [1.807, 2.05) is 24.3 Å². The predicted octanol–water partition coefficient (Wildman–Crippen LogP) is 1.65. The number of amides is 1. The molecule has 1 saturated heterocycles. The number of rotatable bonds is 7. The van der Waals surface area contributed by atoms with Crippen molar-refractivity contribution in [1.82, 2.24) is 9.80 Å². The van der Waals surface area contributed by atoms with Crippen molar-refractivity contribution in [1.29, 1.82) is 0 Å². The van der Waals surface area contributed by atoms with Gasteiger partial charge >= 0.3 is 11.9 Å². The molecule has 8 heteroatoms. The highest BCUT2D eigenvalue weighted by Crippen LogP contribution is 2.44. The number of carboxylic acid groups (broad SMARTS) is 2. The average molecular weight is 392 g/mol. The quantitative estimate of drug-likeness (QED) is 0.537. The van der Waals surface area contributed by atoms with Crippen molar-refractivity contribution in [3.05, 3.63) is 29.8 Å². The van der Waals surface area contributed by atoms with Gasteiger partial charge in [0.2, 0.25) is 0 Å². The van der Waals surface area contributed by atoms with E-state index in [1.54, 1.807) is 19.0 Å². The SMILES string of the molecule is CN(C)C(=O)c1ccc(OCCCCN2C[C@H]3C[C@H]3C2)cc1.O=C(O)C(=O)O. The van der Waals surface area contributed by atoms with Crippen molar-refractivity contribution in [2.24, 2.45) is 11.8 Å². The molecule has 1 aliphatic carbocycles. The maximum atomic E-state index is 11.8. The van der Waals surface area contributed by atoms with Crippen molar-refractivity contribution in [3.63, 3.8) is 0 Å². The number of nitrogens with zero attached hydrogens (tertiary/aromatic N) is 2. The Morgan fingerprint density at radius 3 is 2.11 bits per heavy atom. The second-order valence-corrected chi connectivity index (χ2v) is 7.41. The molecular weight excluding hydrogens is 364 g/mol. The second-order valence-electron chi connectivity index (χ2n) is 7.41. The lowest BCUT2D eigenvalue weighted by atomic mass is 10.2. The zero-order valence-corrected chi connectivity index (χ0v) is 16.3. The van der Waals surface area contributed by atoms with Crippen LogP contribution in [0.1, 0.15) is 29.6 Å². The van der Waals surface area contributed by atoms with Gasteiger partial charge in [-0.3, -0.25) is 4.79 Å². The molecule has 0 bridgehead atoms. The lowest BCUT2D eigenvalue weighted by Crippen LogP contribution is -2.24. The summed E-state index contributed by atoms with van der Waals surface area (Å²) in [5.74, 6) is -0.725. The molecule has 1 aromatic carbocycles. The molecular formula is C20H28N2O6. The topological polar surface area (TPSA) is 107 Å². The molecule has 154 valence electrons. The Bertz CT molecular complexity index is 666. The molecule has 1 amide bonds. The molecule has 3 rings (SSSR count). The Labute approximate surface area is 164 Å². The molecule has 1 aliphatic heterocycles. The average Bonchev–Trinajstić information content (AvgIpc) is 3.27. The van der Waals surface area contributed by atoms with E-state index in [0.29, 0.717) is 5.56 Å². The summed E-state index contributed by atoms with van der Waals surface area (Å²) in [6.07, 6.45) is 3.77. The summed E-state index contributed by atoms with van der Waals surface area (Å²) in [6.45, 7) is 4.62. The lowest BCUT2D eigenvalue weighted by molar-refractivity contribution is -0.159. The Balaban J connectivity index is 0.000000409. The fraction of sp³-hybridized carbons (Fsp3) is 0.550. The first-order chi connectivity index (χ1) is 13.3. The monoisotopic (exact) mass is 392 g/mol. The van der Waals surface area contributed by atoms with Gasteiger partial charge in [-0.15, -0.1) is 0 Å². The van der Waals surface area contributed by atoms with Crippen molar-refractivity contribution < 1.29 is 29.3 Å². The van der Waals surface area contributed by atoms with Crippen LogP contribution in [0.5, 0.6) is 5.75 Å². The van der Waals surface area contributed by atoms with Gasteiger partial charge in [-0.2, -0.15) is 0 Å². The summed E-state index contributed by atoms with van der Waals surface area (Å²) in [7, 11) is 3.52. The highest BCUT2D eigenvalue weighted by Gasteiger charge is 2.44. The van der Waals surface area contributed by atoms with Crippen molar-refractivity contribution in [3.8, 4) is 5.75 Å². The first-order valence-electron chi connectivity index (χ1n) is 9.41. The zero-order chi connectivity index (χ0) is 20.7. The molecule has 2 N–H and O–H groups in total. The van der Waals surface area contributed by atoms with Crippen molar-refractivity contribution >= 4 is 17.8 Å². The van der Waals surface area contributed by atoms with Crippen molar-refractivity contribution in [2.45, 2.75) is 19.3 Å². The molecule has 1 aromatic rings. The van der Waals surface area contributed by atoms with Crippen LogP contribution in [0.25, 0.3) is 0 Å². The number of unbranched alkanes of at least 4 members (excludes halogenated alkanes) is 1. The fourth-order valence-electron chi connectivity index (χ4n) is 3.26. The number of piperidine rings is 1. The smallest absolute Gasteiger partial charge is 0.414 e. The number of fused-ring (bicyclic) bond motifs is 1. The molecule has 0 spiro atoms. The number of benzene rings is 1.